The van der Waals surface area contributed by atoms with Crippen molar-refractivity contribution in [3.63, 3.8) is 0 Å². The van der Waals surface area contributed by atoms with Crippen LogP contribution in [0.4, 0.5) is 22.0 Å². The van der Waals surface area contributed by atoms with Crippen molar-refractivity contribution in [2.24, 2.45) is 22.7 Å². The van der Waals surface area contributed by atoms with Crippen molar-refractivity contribution in [1.29, 1.82) is 0 Å². The van der Waals surface area contributed by atoms with E-state index < -0.39 is 41.0 Å². The van der Waals surface area contributed by atoms with Gasteiger partial charge in [-0.1, -0.05) is 0 Å². The lowest BCUT2D eigenvalue weighted by molar-refractivity contribution is -0.280. The first-order valence-corrected chi connectivity index (χ1v) is 14.2. The SMILES string of the molecule is Cc1cc(Oc2ccc(OC(=O)C34CC5CC(C3)CC(C(=O)OC(C(C)(F)F)C(F)(F)F)(C5)C4)cc2)cc(I)c1O. The molecule has 0 heterocycles. The largest absolute Gasteiger partial charge is 0.507 e. The molecular weight excluding hydrogens is 666 g/mol. The molecule has 0 spiro atoms. The molecule has 12 heteroatoms. The number of phenolic OH excluding ortho intramolecular Hbond substituents is 1. The monoisotopic (exact) mass is 694 g/mol. The minimum Gasteiger partial charge on any atom is -0.507 e. The zero-order valence-electron chi connectivity index (χ0n) is 22.2. The van der Waals surface area contributed by atoms with Crippen LogP contribution in [0, 0.1) is 33.2 Å². The number of aryl methyl sites for hydroxylation is 1. The molecule has 3 unspecified atom stereocenters. The number of aromatic hydroxyl groups is 1. The van der Waals surface area contributed by atoms with Gasteiger partial charge in [0.05, 0.1) is 14.4 Å². The van der Waals surface area contributed by atoms with Crippen LogP contribution < -0.4 is 9.47 Å². The van der Waals surface area contributed by atoms with Crippen LogP contribution in [0.2, 0.25) is 0 Å². The smallest absolute Gasteiger partial charge is 0.431 e. The first-order chi connectivity index (χ1) is 19.0. The van der Waals surface area contributed by atoms with Gasteiger partial charge in [-0.25, -0.2) is 8.78 Å². The molecule has 6 rings (SSSR count). The number of hydrogen-bond acceptors (Lipinski definition) is 6. The quantitative estimate of drug-likeness (QED) is 0.138. The fourth-order valence-electron chi connectivity index (χ4n) is 7.12. The minimum absolute atomic E-state index is 0.0692. The standard InChI is InChI=1S/C29H28F5IO6/c1-15-7-20(9-21(35)22(15)36)39-18-3-5-19(6-4-18)40-24(37)27-10-16-8-17(11-27)13-28(12-16,14-27)25(38)41-23(26(2,30)31)29(32,33)34/h3-7,9,16-17,23,36H,8,10-14H2,1-2H3. The lowest BCUT2D eigenvalue weighted by Crippen LogP contribution is -2.60. The van der Waals surface area contributed by atoms with Gasteiger partial charge in [0.1, 0.15) is 23.0 Å². The highest BCUT2D eigenvalue weighted by molar-refractivity contribution is 14.1. The van der Waals surface area contributed by atoms with Gasteiger partial charge in [-0.15, -0.1) is 0 Å². The molecule has 222 valence electrons. The summed E-state index contributed by atoms with van der Waals surface area (Å²) in [6.45, 7) is 1.81. The second-order valence-electron chi connectivity index (χ2n) is 11.8. The molecule has 4 aliphatic rings. The second-order valence-corrected chi connectivity index (χ2v) is 13.0. The molecule has 41 heavy (non-hydrogen) atoms. The number of ether oxygens (including phenoxy) is 3. The number of halogens is 6. The summed E-state index contributed by atoms with van der Waals surface area (Å²) in [6.07, 6.45) is -7.20. The van der Waals surface area contributed by atoms with Gasteiger partial charge < -0.3 is 19.3 Å². The Balaban J connectivity index is 1.31. The Labute approximate surface area is 246 Å². The number of carbonyl (C=O) groups is 2. The Morgan fingerprint density at radius 2 is 1.46 bits per heavy atom. The third-order valence-electron chi connectivity index (χ3n) is 8.41. The van der Waals surface area contributed by atoms with Gasteiger partial charge >= 0.3 is 18.1 Å². The summed E-state index contributed by atoms with van der Waals surface area (Å²) in [7, 11) is 0. The van der Waals surface area contributed by atoms with E-state index in [9.17, 15) is 36.6 Å². The zero-order chi connectivity index (χ0) is 30.0. The summed E-state index contributed by atoms with van der Waals surface area (Å²) >= 11 is 1.99. The summed E-state index contributed by atoms with van der Waals surface area (Å²) in [5, 5.41) is 9.94. The van der Waals surface area contributed by atoms with E-state index in [0.717, 1.165) is 0 Å². The Bertz CT molecular complexity index is 1300. The van der Waals surface area contributed by atoms with Gasteiger partial charge in [0.25, 0.3) is 12.0 Å². The highest BCUT2D eigenvalue weighted by atomic mass is 127. The zero-order valence-corrected chi connectivity index (χ0v) is 24.4. The molecule has 0 aliphatic heterocycles. The van der Waals surface area contributed by atoms with Crippen LogP contribution in [-0.4, -0.2) is 35.2 Å². The molecule has 0 aromatic heterocycles. The fraction of sp³-hybridized carbons (Fsp3) is 0.517. The Morgan fingerprint density at radius 3 is 1.98 bits per heavy atom. The molecule has 2 aromatic rings. The van der Waals surface area contributed by atoms with Crippen molar-refractivity contribution in [1.82, 2.24) is 0 Å². The lowest BCUT2D eigenvalue weighted by Gasteiger charge is -2.59. The van der Waals surface area contributed by atoms with Crippen LogP contribution in [0.25, 0.3) is 0 Å². The maximum Gasteiger partial charge on any atom is 0.431 e. The average molecular weight is 694 g/mol. The molecule has 0 radical (unpaired) electrons. The van der Waals surface area contributed by atoms with E-state index >= 15 is 0 Å². The molecule has 4 saturated carbocycles. The van der Waals surface area contributed by atoms with Crippen LogP contribution in [0.3, 0.4) is 0 Å². The minimum atomic E-state index is -5.44. The molecule has 3 atom stereocenters. The number of hydrogen-bond donors (Lipinski definition) is 1. The van der Waals surface area contributed by atoms with Crippen molar-refractivity contribution in [3.8, 4) is 23.0 Å². The topological polar surface area (TPSA) is 82.1 Å². The van der Waals surface area contributed by atoms with E-state index in [2.05, 4.69) is 4.74 Å². The molecule has 4 aliphatic carbocycles. The highest BCUT2D eigenvalue weighted by Gasteiger charge is 2.66. The van der Waals surface area contributed by atoms with E-state index in [4.69, 9.17) is 9.47 Å². The molecule has 0 saturated heterocycles. The molecule has 2 aromatic carbocycles. The number of phenols is 1. The number of esters is 2. The van der Waals surface area contributed by atoms with Crippen molar-refractivity contribution in [3.05, 3.63) is 45.5 Å². The molecule has 4 bridgehead atoms. The van der Waals surface area contributed by atoms with Crippen molar-refractivity contribution < 1.29 is 50.9 Å². The molecule has 1 N–H and O–H groups in total. The van der Waals surface area contributed by atoms with Gasteiger partial charge in [-0.05, 0) is 122 Å². The summed E-state index contributed by atoms with van der Waals surface area (Å²) in [6, 6.07) is 9.61. The average Bonchev–Trinajstić information content (AvgIpc) is 2.84. The van der Waals surface area contributed by atoms with Crippen LogP contribution in [0.1, 0.15) is 51.0 Å². The van der Waals surface area contributed by atoms with E-state index in [0.29, 0.717) is 39.9 Å². The van der Waals surface area contributed by atoms with E-state index in [1.807, 2.05) is 22.6 Å². The van der Waals surface area contributed by atoms with E-state index in [1.165, 1.54) is 12.1 Å². The number of rotatable bonds is 7. The van der Waals surface area contributed by atoms with Crippen LogP contribution in [0.15, 0.2) is 36.4 Å². The molecule has 0 amide bonds. The Kier molecular flexibility index (Phi) is 7.47. The molecule has 6 nitrogen and oxygen atoms in total. The normalized spacial score (nSPS) is 27.8. The van der Waals surface area contributed by atoms with Gasteiger partial charge in [0.2, 0.25) is 0 Å². The van der Waals surface area contributed by atoms with Gasteiger partial charge in [0.15, 0.2) is 0 Å². The van der Waals surface area contributed by atoms with Crippen molar-refractivity contribution in [2.45, 2.75) is 70.6 Å². The summed E-state index contributed by atoms with van der Waals surface area (Å²) < 4.78 is 84.2. The van der Waals surface area contributed by atoms with E-state index in [1.54, 1.807) is 31.2 Å². The predicted molar refractivity (Wildman–Crippen MR) is 144 cm³/mol. The molecular formula is C29H28F5IO6. The van der Waals surface area contributed by atoms with E-state index in [-0.39, 0.29) is 49.5 Å². The van der Waals surface area contributed by atoms with Gasteiger partial charge in [-0.3, -0.25) is 9.59 Å². The molecule has 4 fully saturated rings. The number of carbonyl (C=O) groups excluding carboxylic acids is 2. The first kappa shape index (κ1) is 29.8. The lowest BCUT2D eigenvalue weighted by atomic mass is 9.44. The third kappa shape index (κ3) is 5.85. The first-order valence-electron chi connectivity index (χ1n) is 13.1. The maximum atomic E-state index is 13.8. The number of benzene rings is 2. The fourth-order valence-corrected chi connectivity index (χ4v) is 7.85. The van der Waals surface area contributed by atoms with Crippen LogP contribution >= 0.6 is 22.6 Å². The maximum absolute atomic E-state index is 13.8. The number of alkyl halides is 5. The predicted octanol–water partition coefficient (Wildman–Crippen LogP) is 7.72. The van der Waals surface area contributed by atoms with Crippen LogP contribution in [0.5, 0.6) is 23.0 Å². The summed E-state index contributed by atoms with van der Waals surface area (Å²) in [5.74, 6) is -5.16. The van der Waals surface area contributed by atoms with Gasteiger partial charge in [0, 0.05) is 6.92 Å². The van der Waals surface area contributed by atoms with Gasteiger partial charge in [-0.2, -0.15) is 13.2 Å². The third-order valence-corrected chi connectivity index (χ3v) is 9.23. The van der Waals surface area contributed by atoms with Crippen LogP contribution in [-0.2, 0) is 14.3 Å². The highest BCUT2D eigenvalue weighted by Crippen LogP contribution is 2.66. The summed E-state index contributed by atoms with van der Waals surface area (Å²) in [5.41, 5.74) is -1.93. The van der Waals surface area contributed by atoms with Crippen molar-refractivity contribution >= 4 is 34.5 Å². The Morgan fingerprint density at radius 1 is 0.927 bits per heavy atom. The Hall–Kier alpha value is -2.64. The second kappa shape index (κ2) is 10.3. The van der Waals surface area contributed by atoms with Crippen molar-refractivity contribution in [2.75, 3.05) is 0 Å². The summed E-state index contributed by atoms with van der Waals surface area (Å²) in [4.78, 5) is 26.7.